The lowest BCUT2D eigenvalue weighted by Crippen LogP contribution is -3.17. The van der Waals surface area contributed by atoms with E-state index in [1.54, 1.807) is 24.3 Å². The Labute approximate surface area is 134 Å². The van der Waals surface area contributed by atoms with Crippen molar-refractivity contribution in [2.45, 2.75) is 43.4 Å². The summed E-state index contributed by atoms with van der Waals surface area (Å²) in [7, 11) is 0. The quantitative estimate of drug-likeness (QED) is 0.814. The molecule has 0 bridgehead atoms. The first-order chi connectivity index (χ1) is 10.5. The summed E-state index contributed by atoms with van der Waals surface area (Å²) in [4.78, 5) is 14.1. The molecule has 0 unspecified atom stereocenters. The monoisotopic (exact) mass is 329 g/mol. The van der Waals surface area contributed by atoms with Crippen LogP contribution in [0.1, 0.15) is 26.7 Å². The molecule has 22 heavy (non-hydrogen) atoms. The van der Waals surface area contributed by atoms with Gasteiger partial charge in [-0.1, -0.05) is 18.7 Å². The van der Waals surface area contributed by atoms with Gasteiger partial charge in [0.05, 0.1) is 13.1 Å². The molecule has 0 radical (unpaired) electrons. The van der Waals surface area contributed by atoms with Crippen molar-refractivity contribution in [3.63, 3.8) is 0 Å². The molecule has 1 heterocycles. The van der Waals surface area contributed by atoms with Gasteiger partial charge in [-0.05, 0) is 49.9 Å². The smallest absolute Gasteiger partial charge is 0.288 e. The molecule has 0 aromatic heterocycles. The summed E-state index contributed by atoms with van der Waals surface area (Å²) in [6.45, 7) is 6.25. The second-order valence-corrected chi connectivity index (χ2v) is 7.02. The highest BCUT2D eigenvalue weighted by molar-refractivity contribution is 7.99. The van der Waals surface area contributed by atoms with Crippen LogP contribution in [0.15, 0.2) is 29.2 Å². The summed E-state index contributed by atoms with van der Waals surface area (Å²) in [5, 5.41) is 2.87. The maximum absolute atomic E-state index is 12.3. The topological polar surface area (TPSA) is 33.5 Å². The number of quaternary nitrogens is 1. The Morgan fingerprint density at radius 2 is 1.86 bits per heavy atom. The minimum Gasteiger partial charge on any atom is -0.325 e. The van der Waals surface area contributed by atoms with Crippen molar-refractivity contribution in [1.82, 2.24) is 0 Å². The zero-order chi connectivity index (χ0) is 16.1. The van der Waals surface area contributed by atoms with Crippen molar-refractivity contribution >= 4 is 23.4 Å². The third-order valence-electron chi connectivity index (χ3n) is 4.27. The molecular weight excluding hydrogens is 306 g/mol. The van der Waals surface area contributed by atoms with E-state index in [4.69, 9.17) is 0 Å². The summed E-state index contributed by atoms with van der Waals surface area (Å²) >= 11 is 0.505. The van der Waals surface area contributed by atoms with Gasteiger partial charge >= 0.3 is 0 Å². The molecule has 1 aromatic rings. The van der Waals surface area contributed by atoms with Gasteiger partial charge in [-0.25, -0.2) is 0 Å². The lowest BCUT2D eigenvalue weighted by Gasteiger charge is -2.31. The Balaban J connectivity index is 1.88. The first-order valence-electron chi connectivity index (χ1n) is 7.66. The fourth-order valence-corrected chi connectivity index (χ4v) is 3.22. The molecule has 2 N–H and O–H groups in total. The number of piperidine rings is 1. The van der Waals surface area contributed by atoms with Crippen LogP contribution in [-0.4, -0.2) is 30.8 Å². The minimum atomic E-state index is -2.43. The van der Waals surface area contributed by atoms with Gasteiger partial charge in [0.2, 0.25) is 0 Å². The standard InChI is InChI=1S/C16H22F2N2OS/c1-11-7-9-20(10-8-11)12(2)15(21)19-13-3-5-14(6-4-13)22-16(17)18/h3-6,11-12,16H,7-10H2,1-2H3,(H,19,21)/p+1/t12-/m1/s1. The van der Waals surface area contributed by atoms with Gasteiger partial charge in [-0.3, -0.25) is 4.79 Å². The number of likely N-dealkylation sites (tertiary alicyclic amines) is 1. The average Bonchev–Trinajstić information content (AvgIpc) is 2.49. The van der Waals surface area contributed by atoms with E-state index in [0.717, 1.165) is 31.8 Å². The fraction of sp³-hybridized carbons (Fsp3) is 0.562. The molecule has 2 rings (SSSR count). The van der Waals surface area contributed by atoms with Crippen LogP contribution in [0.2, 0.25) is 0 Å². The molecular formula is C16H23F2N2OS+. The van der Waals surface area contributed by atoms with Gasteiger partial charge < -0.3 is 10.2 Å². The first kappa shape index (κ1) is 17.2. The van der Waals surface area contributed by atoms with Crippen molar-refractivity contribution in [2.24, 2.45) is 5.92 Å². The summed E-state index contributed by atoms with van der Waals surface area (Å²) in [6.07, 6.45) is 2.32. The predicted octanol–water partition coefficient (Wildman–Crippen LogP) is 2.64. The maximum atomic E-state index is 12.3. The third-order valence-corrected chi connectivity index (χ3v) is 4.99. The SMILES string of the molecule is CC1CC[NH+]([C@H](C)C(=O)Nc2ccc(SC(F)F)cc2)CC1. The highest BCUT2D eigenvalue weighted by atomic mass is 32.2. The molecule has 0 saturated carbocycles. The number of benzene rings is 1. The maximum Gasteiger partial charge on any atom is 0.288 e. The second kappa shape index (κ2) is 7.92. The Morgan fingerprint density at radius 3 is 2.41 bits per heavy atom. The average molecular weight is 329 g/mol. The molecule has 122 valence electrons. The lowest BCUT2D eigenvalue weighted by atomic mass is 9.98. The zero-order valence-corrected chi connectivity index (χ0v) is 13.8. The number of amides is 1. The number of nitrogens with one attached hydrogen (secondary N) is 2. The van der Waals surface area contributed by atoms with Crippen LogP contribution in [0.25, 0.3) is 0 Å². The molecule has 1 amide bonds. The summed E-state index contributed by atoms with van der Waals surface area (Å²) in [6, 6.07) is 6.45. The molecule has 1 saturated heterocycles. The van der Waals surface area contributed by atoms with Crippen LogP contribution in [-0.2, 0) is 4.79 Å². The van der Waals surface area contributed by atoms with E-state index in [-0.39, 0.29) is 11.9 Å². The molecule has 1 aliphatic rings. The van der Waals surface area contributed by atoms with E-state index in [1.165, 1.54) is 4.90 Å². The van der Waals surface area contributed by atoms with Crippen LogP contribution < -0.4 is 10.2 Å². The Kier molecular flexibility index (Phi) is 6.20. The Bertz CT molecular complexity index is 487. The van der Waals surface area contributed by atoms with E-state index in [0.29, 0.717) is 22.3 Å². The number of halogens is 2. The number of carbonyl (C=O) groups is 1. The molecule has 3 nitrogen and oxygen atoms in total. The number of hydrogen-bond acceptors (Lipinski definition) is 2. The van der Waals surface area contributed by atoms with Crippen molar-refractivity contribution < 1.29 is 18.5 Å². The van der Waals surface area contributed by atoms with Gasteiger partial charge in [-0.15, -0.1) is 0 Å². The van der Waals surface area contributed by atoms with Crippen molar-refractivity contribution in [3.05, 3.63) is 24.3 Å². The number of carbonyl (C=O) groups excluding carboxylic acids is 1. The normalized spacial score (nSPS) is 23.3. The third kappa shape index (κ3) is 4.95. The Hall–Kier alpha value is -1.14. The fourth-order valence-electron chi connectivity index (χ4n) is 2.72. The van der Waals surface area contributed by atoms with Crippen LogP contribution in [0.5, 0.6) is 0 Å². The molecule has 6 heteroatoms. The van der Waals surface area contributed by atoms with E-state index in [2.05, 4.69) is 12.2 Å². The summed E-state index contributed by atoms with van der Waals surface area (Å²) in [5.41, 5.74) is 0.653. The molecule has 1 aliphatic heterocycles. The van der Waals surface area contributed by atoms with Crippen LogP contribution >= 0.6 is 11.8 Å². The number of thioether (sulfide) groups is 1. The molecule has 1 aromatic carbocycles. The zero-order valence-electron chi connectivity index (χ0n) is 12.9. The second-order valence-electron chi connectivity index (χ2n) is 5.95. The van der Waals surface area contributed by atoms with E-state index >= 15 is 0 Å². The summed E-state index contributed by atoms with van der Waals surface area (Å²) < 4.78 is 24.5. The number of anilines is 1. The summed E-state index contributed by atoms with van der Waals surface area (Å²) in [5.74, 6) is -1.69. The van der Waals surface area contributed by atoms with E-state index < -0.39 is 5.76 Å². The highest BCUT2D eigenvalue weighted by Crippen LogP contribution is 2.26. The number of rotatable bonds is 5. The van der Waals surface area contributed by atoms with Gasteiger partial charge in [0.25, 0.3) is 11.7 Å². The van der Waals surface area contributed by atoms with Crippen LogP contribution in [0, 0.1) is 5.92 Å². The van der Waals surface area contributed by atoms with E-state index in [9.17, 15) is 13.6 Å². The van der Waals surface area contributed by atoms with Gasteiger partial charge in [0.1, 0.15) is 0 Å². The van der Waals surface area contributed by atoms with Crippen molar-refractivity contribution in [3.8, 4) is 0 Å². The van der Waals surface area contributed by atoms with E-state index in [1.807, 2.05) is 6.92 Å². The van der Waals surface area contributed by atoms with Crippen LogP contribution in [0.4, 0.5) is 14.5 Å². The van der Waals surface area contributed by atoms with Crippen molar-refractivity contribution in [1.29, 1.82) is 0 Å². The largest absolute Gasteiger partial charge is 0.325 e. The first-order valence-corrected chi connectivity index (χ1v) is 8.54. The van der Waals surface area contributed by atoms with Crippen LogP contribution in [0.3, 0.4) is 0 Å². The van der Waals surface area contributed by atoms with Crippen molar-refractivity contribution in [2.75, 3.05) is 18.4 Å². The number of alkyl halides is 2. The molecule has 0 aliphatic carbocycles. The molecule has 1 fully saturated rings. The molecule has 0 spiro atoms. The minimum absolute atomic E-state index is 0.0150. The number of hydrogen-bond donors (Lipinski definition) is 2. The van der Waals surface area contributed by atoms with Gasteiger partial charge in [0, 0.05) is 10.6 Å². The van der Waals surface area contributed by atoms with Gasteiger partial charge in [0.15, 0.2) is 6.04 Å². The Morgan fingerprint density at radius 1 is 1.27 bits per heavy atom. The highest BCUT2D eigenvalue weighted by Gasteiger charge is 2.28. The lowest BCUT2D eigenvalue weighted by molar-refractivity contribution is -0.919. The molecule has 1 atom stereocenters. The predicted molar refractivity (Wildman–Crippen MR) is 85.5 cm³/mol. The van der Waals surface area contributed by atoms with Gasteiger partial charge in [-0.2, -0.15) is 8.78 Å².